The van der Waals surface area contributed by atoms with Crippen molar-refractivity contribution >= 4 is 29.0 Å². The van der Waals surface area contributed by atoms with Gasteiger partial charge in [-0.25, -0.2) is 0 Å². The Labute approximate surface area is 156 Å². The predicted molar refractivity (Wildman–Crippen MR) is 103 cm³/mol. The maximum atomic E-state index is 11.5. The molecule has 1 N–H and O–H groups in total. The third-order valence-electron chi connectivity index (χ3n) is 3.87. The Balaban J connectivity index is 1.51. The number of amides is 2. The Hall–Kier alpha value is -2.60. The Morgan fingerprint density at radius 3 is 2.54 bits per heavy atom. The first-order valence-electron chi connectivity index (χ1n) is 8.55. The third kappa shape index (κ3) is 4.95. The topological polar surface area (TPSA) is 68.3 Å². The quantitative estimate of drug-likeness (QED) is 0.749. The van der Waals surface area contributed by atoms with E-state index in [-0.39, 0.29) is 11.1 Å². The van der Waals surface area contributed by atoms with Crippen LogP contribution in [0.4, 0.5) is 4.79 Å². The fourth-order valence-corrected chi connectivity index (χ4v) is 3.23. The molecule has 6 heteroatoms. The van der Waals surface area contributed by atoms with Crippen molar-refractivity contribution in [3.05, 3.63) is 64.3 Å². The summed E-state index contributed by atoms with van der Waals surface area (Å²) in [6.45, 7) is 2.71. The van der Waals surface area contributed by atoms with E-state index in [1.54, 1.807) is 6.08 Å². The first-order chi connectivity index (χ1) is 12.6. The van der Waals surface area contributed by atoms with E-state index in [1.807, 2.05) is 30.5 Å². The van der Waals surface area contributed by atoms with Crippen molar-refractivity contribution in [1.29, 1.82) is 0 Å². The molecule has 1 aromatic carbocycles. The Bertz CT molecular complexity index is 814. The van der Waals surface area contributed by atoms with Crippen LogP contribution in [0.25, 0.3) is 6.08 Å². The van der Waals surface area contributed by atoms with E-state index >= 15 is 0 Å². The minimum absolute atomic E-state index is 0.336. The summed E-state index contributed by atoms with van der Waals surface area (Å²) in [7, 11) is 0. The van der Waals surface area contributed by atoms with E-state index in [4.69, 9.17) is 4.74 Å². The molecule has 1 saturated heterocycles. The monoisotopic (exact) mass is 368 g/mol. The van der Waals surface area contributed by atoms with Crippen molar-refractivity contribution in [3.8, 4) is 5.75 Å². The SMILES string of the molecule is CCCc1ccc(CCOc2ccc(C=C3SC(=O)NC3=O)cc2)nc1. The molecule has 26 heavy (non-hydrogen) atoms. The van der Waals surface area contributed by atoms with Crippen LogP contribution in [0.15, 0.2) is 47.5 Å². The highest BCUT2D eigenvalue weighted by Crippen LogP contribution is 2.26. The van der Waals surface area contributed by atoms with Gasteiger partial charge in [0.1, 0.15) is 5.75 Å². The number of pyridine rings is 1. The van der Waals surface area contributed by atoms with E-state index in [2.05, 4.69) is 29.4 Å². The summed E-state index contributed by atoms with van der Waals surface area (Å²) in [6.07, 6.45) is 6.55. The highest BCUT2D eigenvalue weighted by atomic mass is 32.2. The number of benzene rings is 1. The molecular weight excluding hydrogens is 348 g/mol. The molecule has 0 aliphatic carbocycles. The molecule has 0 bridgehead atoms. The number of nitrogens with zero attached hydrogens (tertiary/aromatic N) is 1. The number of carbonyl (C=O) groups excluding carboxylic acids is 2. The molecule has 1 aromatic heterocycles. The van der Waals surface area contributed by atoms with Crippen LogP contribution in [0.5, 0.6) is 5.75 Å². The Kier molecular flexibility index (Phi) is 6.07. The molecule has 0 saturated carbocycles. The van der Waals surface area contributed by atoms with Crippen LogP contribution in [-0.4, -0.2) is 22.7 Å². The van der Waals surface area contributed by atoms with Crippen molar-refractivity contribution in [1.82, 2.24) is 10.3 Å². The molecule has 3 rings (SSSR count). The number of hydrogen-bond acceptors (Lipinski definition) is 5. The van der Waals surface area contributed by atoms with E-state index in [0.717, 1.165) is 48.0 Å². The second kappa shape index (κ2) is 8.67. The molecule has 2 aromatic rings. The van der Waals surface area contributed by atoms with Gasteiger partial charge >= 0.3 is 0 Å². The van der Waals surface area contributed by atoms with Crippen LogP contribution in [-0.2, 0) is 17.6 Å². The van der Waals surface area contributed by atoms with Crippen molar-refractivity contribution in [2.75, 3.05) is 6.61 Å². The summed E-state index contributed by atoms with van der Waals surface area (Å²) in [6, 6.07) is 11.6. The molecule has 1 aliphatic heterocycles. The second-order valence-corrected chi connectivity index (χ2v) is 6.94. The zero-order chi connectivity index (χ0) is 18.4. The van der Waals surface area contributed by atoms with Crippen molar-refractivity contribution in [2.24, 2.45) is 0 Å². The summed E-state index contributed by atoms with van der Waals surface area (Å²) >= 11 is 0.911. The number of carbonyl (C=O) groups is 2. The maximum absolute atomic E-state index is 11.5. The van der Waals surface area contributed by atoms with E-state index in [1.165, 1.54) is 5.56 Å². The summed E-state index contributed by atoms with van der Waals surface area (Å²) in [5.41, 5.74) is 3.12. The smallest absolute Gasteiger partial charge is 0.290 e. The number of imide groups is 1. The van der Waals surface area contributed by atoms with Crippen molar-refractivity contribution in [2.45, 2.75) is 26.2 Å². The van der Waals surface area contributed by atoms with E-state index in [9.17, 15) is 9.59 Å². The first kappa shape index (κ1) is 18.2. The van der Waals surface area contributed by atoms with Gasteiger partial charge in [0.2, 0.25) is 0 Å². The van der Waals surface area contributed by atoms with Gasteiger partial charge in [0, 0.05) is 18.3 Å². The maximum Gasteiger partial charge on any atom is 0.290 e. The Morgan fingerprint density at radius 2 is 1.92 bits per heavy atom. The van der Waals surface area contributed by atoms with Crippen LogP contribution >= 0.6 is 11.8 Å². The average molecular weight is 368 g/mol. The summed E-state index contributed by atoms with van der Waals surface area (Å²) in [4.78, 5) is 27.6. The number of aromatic nitrogens is 1. The lowest BCUT2D eigenvalue weighted by Gasteiger charge is -2.07. The van der Waals surface area contributed by atoms with Crippen LogP contribution in [0.1, 0.15) is 30.2 Å². The highest BCUT2D eigenvalue weighted by Gasteiger charge is 2.24. The molecule has 0 unspecified atom stereocenters. The molecule has 0 atom stereocenters. The van der Waals surface area contributed by atoms with Gasteiger partial charge in [-0.1, -0.05) is 31.5 Å². The van der Waals surface area contributed by atoms with Gasteiger partial charge in [0.15, 0.2) is 0 Å². The highest BCUT2D eigenvalue weighted by molar-refractivity contribution is 8.18. The molecule has 134 valence electrons. The lowest BCUT2D eigenvalue weighted by atomic mass is 10.1. The lowest BCUT2D eigenvalue weighted by Crippen LogP contribution is -2.17. The van der Waals surface area contributed by atoms with Gasteiger partial charge in [-0.2, -0.15) is 0 Å². The average Bonchev–Trinajstić information content (AvgIpc) is 2.95. The molecule has 1 fully saturated rings. The molecule has 5 nitrogen and oxygen atoms in total. The van der Waals surface area contributed by atoms with Crippen LogP contribution in [0, 0.1) is 0 Å². The fourth-order valence-electron chi connectivity index (χ4n) is 2.55. The molecule has 0 radical (unpaired) electrons. The van der Waals surface area contributed by atoms with Gasteiger partial charge < -0.3 is 4.74 Å². The van der Waals surface area contributed by atoms with Gasteiger partial charge in [0.05, 0.1) is 11.5 Å². The lowest BCUT2D eigenvalue weighted by molar-refractivity contribution is -0.115. The number of ether oxygens (including phenoxy) is 1. The zero-order valence-electron chi connectivity index (χ0n) is 14.5. The van der Waals surface area contributed by atoms with Gasteiger partial charge in [0.25, 0.3) is 11.1 Å². The molecule has 2 amide bonds. The largest absolute Gasteiger partial charge is 0.493 e. The number of nitrogens with one attached hydrogen (secondary N) is 1. The summed E-state index contributed by atoms with van der Waals surface area (Å²) < 4.78 is 5.75. The minimum atomic E-state index is -0.349. The zero-order valence-corrected chi connectivity index (χ0v) is 15.3. The third-order valence-corrected chi connectivity index (χ3v) is 4.68. The first-order valence-corrected chi connectivity index (χ1v) is 9.37. The number of aryl methyl sites for hydroxylation is 1. The number of rotatable bonds is 7. The summed E-state index contributed by atoms with van der Waals surface area (Å²) in [5.74, 6) is 0.409. The van der Waals surface area contributed by atoms with Gasteiger partial charge in [-0.3, -0.25) is 19.9 Å². The summed E-state index contributed by atoms with van der Waals surface area (Å²) in [5, 5.41) is 1.90. The number of hydrogen-bond donors (Lipinski definition) is 1. The molecule has 0 spiro atoms. The van der Waals surface area contributed by atoms with Crippen LogP contribution in [0.3, 0.4) is 0 Å². The van der Waals surface area contributed by atoms with Crippen LogP contribution < -0.4 is 10.1 Å². The van der Waals surface area contributed by atoms with Gasteiger partial charge in [-0.15, -0.1) is 0 Å². The molecule has 1 aliphatic rings. The Morgan fingerprint density at radius 1 is 1.12 bits per heavy atom. The molecular formula is C20H20N2O3S. The second-order valence-electron chi connectivity index (χ2n) is 5.93. The van der Waals surface area contributed by atoms with E-state index in [0.29, 0.717) is 11.5 Å². The normalized spacial score (nSPS) is 15.3. The van der Waals surface area contributed by atoms with Crippen molar-refractivity contribution < 1.29 is 14.3 Å². The standard InChI is InChI=1S/C20H20N2O3S/c1-2-3-15-4-7-16(21-13-15)10-11-25-17-8-5-14(6-9-17)12-18-19(23)22-20(24)26-18/h4-9,12-13H,2-3,10-11H2,1H3,(H,22,23,24). The van der Waals surface area contributed by atoms with Crippen molar-refractivity contribution in [3.63, 3.8) is 0 Å². The van der Waals surface area contributed by atoms with Gasteiger partial charge in [-0.05, 0) is 53.6 Å². The molecule has 2 heterocycles. The number of thioether (sulfide) groups is 1. The van der Waals surface area contributed by atoms with E-state index < -0.39 is 0 Å². The minimum Gasteiger partial charge on any atom is -0.493 e. The fraction of sp³-hybridized carbons (Fsp3) is 0.250. The predicted octanol–water partition coefficient (Wildman–Crippen LogP) is 3.98. The van der Waals surface area contributed by atoms with Crippen LogP contribution in [0.2, 0.25) is 0 Å².